The Labute approximate surface area is 118 Å². The van der Waals surface area contributed by atoms with E-state index in [0.717, 1.165) is 12.2 Å². The summed E-state index contributed by atoms with van der Waals surface area (Å²) >= 11 is 0. The largest absolute Gasteiger partial charge is 0.385 e. The van der Waals surface area contributed by atoms with Crippen LogP contribution in [-0.4, -0.2) is 27.9 Å². The highest BCUT2D eigenvalue weighted by Gasteiger charge is 2.12. The van der Waals surface area contributed by atoms with Gasteiger partial charge in [0.2, 0.25) is 0 Å². The number of halogens is 1. The van der Waals surface area contributed by atoms with Crippen LogP contribution in [0.25, 0.3) is 5.69 Å². The van der Waals surface area contributed by atoms with E-state index in [2.05, 4.69) is 29.2 Å². The predicted molar refractivity (Wildman–Crippen MR) is 77.2 cm³/mol. The zero-order chi connectivity index (χ0) is 14.5. The first-order chi connectivity index (χ1) is 9.61. The Bertz CT molecular complexity index is 539. The van der Waals surface area contributed by atoms with Crippen molar-refractivity contribution in [3.63, 3.8) is 0 Å². The smallest absolute Gasteiger partial charge is 0.150 e. The molecule has 0 amide bonds. The van der Waals surface area contributed by atoms with Crippen LogP contribution in [0, 0.1) is 17.7 Å². The van der Waals surface area contributed by atoms with Crippen LogP contribution in [0.4, 0.5) is 10.1 Å². The van der Waals surface area contributed by atoms with Gasteiger partial charge in [-0.25, -0.2) is 14.1 Å². The lowest BCUT2D eigenvalue weighted by atomic mass is 9.96. The standard InChI is InChI=1S/C14H20FN5/c1-10(2)11(6-16)7-18-12-3-4-14(13(15)5-12)20-9-17-8-19-20/h3-5,8-11,18H,6-7,16H2,1-2H3. The predicted octanol–water partition coefficient (Wildman–Crippen LogP) is 2.05. The van der Waals surface area contributed by atoms with E-state index < -0.39 is 0 Å². The molecule has 0 saturated heterocycles. The Morgan fingerprint density at radius 1 is 1.40 bits per heavy atom. The number of anilines is 1. The highest BCUT2D eigenvalue weighted by atomic mass is 19.1. The van der Waals surface area contributed by atoms with E-state index in [4.69, 9.17) is 5.73 Å². The first-order valence-corrected chi connectivity index (χ1v) is 6.70. The lowest BCUT2D eigenvalue weighted by molar-refractivity contribution is 0.413. The van der Waals surface area contributed by atoms with Crippen LogP contribution in [0.3, 0.4) is 0 Å². The molecular weight excluding hydrogens is 257 g/mol. The molecule has 3 N–H and O–H groups in total. The van der Waals surface area contributed by atoms with E-state index >= 15 is 0 Å². The minimum absolute atomic E-state index is 0.339. The van der Waals surface area contributed by atoms with Gasteiger partial charge in [0, 0.05) is 12.2 Å². The summed E-state index contributed by atoms with van der Waals surface area (Å²) < 4.78 is 15.4. The monoisotopic (exact) mass is 277 g/mol. The Balaban J connectivity index is 2.06. The summed E-state index contributed by atoms with van der Waals surface area (Å²) in [6.45, 7) is 5.61. The number of aromatic nitrogens is 3. The molecule has 20 heavy (non-hydrogen) atoms. The van der Waals surface area contributed by atoms with Gasteiger partial charge in [0.15, 0.2) is 5.82 Å². The lowest BCUT2D eigenvalue weighted by Crippen LogP contribution is -2.27. The third-order valence-corrected chi connectivity index (χ3v) is 3.43. The number of nitrogens with two attached hydrogens (primary N) is 1. The molecule has 2 rings (SSSR count). The lowest BCUT2D eigenvalue weighted by Gasteiger charge is -2.20. The van der Waals surface area contributed by atoms with Crippen molar-refractivity contribution in [2.75, 3.05) is 18.4 Å². The van der Waals surface area contributed by atoms with Gasteiger partial charge in [-0.05, 0) is 36.6 Å². The van der Waals surface area contributed by atoms with Crippen LogP contribution in [-0.2, 0) is 0 Å². The molecule has 1 aromatic carbocycles. The molecule has 0 radical (unpaired) electrons. The van der Waals surface area contributed by atoms with E-state index in [0.29, 0.717) is 24.1 Å². The van der Waals surface area contributed by atoms with Crippen molar-refractivity contribution < 1.29 is 4.39 Å². The number of rotatable bonds is 6. The van der Waals surface area contributed by atoms with Gasteiger partial charge in [-0.2, -0.15) is 5.10 Å². The van der Waals surface area contributed by atoms with E-state index in [9.17, 15) is 4.39 Å². The van der Waals surface area contributed by atoms with Gasteiger partial charge in [0.05, 0.1) is 0 Å². The van der Waals surface area contributed by atoms with Crippen molar-refractivity contribution in [3.8, 4) is 5.69 Å². The molecule has 0 aliphatic heterocycles. The quantitative estimate of drug-likeness (QED) is 0.848. The number of benzene rings is 1. The Morgan fingerprint density at radius 3 is 2.75 bits per heavy atom. The first kappa shape index (κ1) is 14.5. The third-order valence-electron chi connectivity index (χ3n) is 3.43. The van der Waals surface area contributed by atoms with Crippen molar-refractivity contribution >= 4 is 5.69 Å². The molecule has 1 heterocycles. The zero-order valence-corrected chi connectivity index (χ0v) is 11.8. The average Bonchev–Trinajstić information content (AvgIpc) is 2.93. The van der Waals surface area contributed by atoms with Crippen molar-refractivity contribution in [1.82, 2.24) is 14.8 Å². The van der Waals surface area contributed by atoms with Crippen molar-refractivity contribution in [3.05, 3.63) is 36.7 Å². The highest BCUT2D eigenvalue weighted by Crippen LogP contribution is 2.18. The number of hydrogen-bond donors (Lipinski definition) is 2. The summed E-state index contributed by atoms with van der Waals surface area (Å²) in [5.74, 6) is 0.522. The van der Waals surface area contributed by atoms with Gasteiger partial charge in [-0.1, -0.05) is 13.8 Å². The van der Waals surface area contributed by atoms with Crippen molar-refractivity contribution in [2.24, 2.45) is 17.6 Å². The van der Waals surface area contributed by atoms with Crippen molar-refractivity contribution in [1.29, 1.82) is 0 Å². The molecule has 0 aliphatic carbocycles. The van der Waals surface area contributed by atoms with Crippen LogP contribution in [0.2, 0.25) is 0 Å². The molecule has 5 nitrogen and oxygen atoms in total. The summed E-state index contributed by atoms with van der Waals surface area (Å²) in [7, 11) is 0. The summed E-state index contributed by atoms with van der Waals surface area (Å²) in [4.78, 5) is 3.81. The second-order valence-corrected chi connectivity index (χ2v) is 5.13. The Morgan fingerprint density at radius 2 is 2.20 bits per heavy atom. The summed E-state index contributed by atoms with van der Waals surface area (Å²) in [6, 6.07) is 4.97. The second-order valence-electron chi connectivity index (χ2n) is 5.13. The van der Waals surface area contributed by atoms with Crippen LogP contribution in [0.5, 0.6) is 0 Å². The minimum atomic E-state index is -0.339. The Hall–Kier alpha value is -1.95. The third kappa shape index (κ3) is 3.33. The molecule has 1 unspecified atom stereocenters. The molecule has 6 heteroatoms. The number of hydrogen-bond acceptors (Lipinski definition) is 4. The van der Waals surface area contributed by atoms with Crippen LogP contribution in [0.15, 0.2) is 30.9 Å². The van der Waals surface area contributed by atoms with Crippen molar-refractivity contribution in [2.45, 2.75) is 13.8 Å². The zero-order valence-electron chi connectivity index (χ0n) is 11.8. The van der Waals surface area contributed by atoms with Gasteiger partial charge in [-0.3, -0.25) is 0 Å². The van der Waals surface area contributed by atoms with Gasteiger partial charge >= 0.3 is 0 Å². The molecule has 0 saturated carbocycles. The second kappa shape index (κ2) is 6.47. The van der Waals surface area contributed by atoms with Crippen LogP contribution < -0.4 is 11.1 Å². The average molecular weight is 277 g/mol. The molecule has 0 spiro atoms. The molecular formula is C14H20FN5. The molecule has 1 aromatic heterocycles. The maximum atomic E-state index is 14.0. The maximum Gasteiger partial charge on any atom is 0.150 e. The first-order valence-electron chi connectivity index (χ1n) is 6.70. The normalized spacial score (nSPS) is 12.7. The van der Waals surface area contributed by atoms with E-state index in [1.165, 1.54) is 23.4 Å². The number of nitrogens with one attached hydrogen (secondary N) is 1. The molecule has 108 valence electrons. The van der Waals surface area contributed by atoms with E-state index in [1.807, 2.05) is 6.07 Å². The SMILES string of the molecule is CC(C)C(CN)CNc1ccc(-n2cncn2)c(F)c1. The summed E-state index contributed by atoms with van der Waals surface area (Å²) in [5.41, 5.74) is 6.85. The Kier molecular flexibility index (Phi) is 4.68. The van der Waals surface area contributed by atoms with Gasteiger partial charge in [-0.15, -0.1) is 0 Å². The van der Waals surface area contributed by atoms with Gasteiger partial charge in [0.25, 0.3) is 0 Å². The molecule has 0 bridgehead atoms. The van der Waals surface area contributed by atoms with Gasteiger partial charge < -0.3 is 11.1 Å². The van der Waals surface area contributed by atoms with Gasteiger partial charge in [0.1, 0.15) is 18.3 Å². The van der Waals surface area contributed by atoms with E-state index in [-0.39, 0.29) is 5.82 Å². The van der Waals surface area contributed by atoms with E-state index in [1.54, 1.807) is 6.07 Å². The fraction of sp³-hybridized carbons (Fsp3) is 0.429. The topological polar surface area (TPSA) is 68.8 Å². The molecule has 0 aliphatic rings. The fourth-order valence-corrected chi connectivity index (χ4v) is 1.98. The summed E-state index contributed by atoms with van der Waals surface area (Å²) in [6.07, 6.45) is 2.84. The maximum absolute atomic E-state index is 14.0. The number of nitrogens with zero attached hydrogens (tertiary/aromatic N) is 3. The minimum Gasteiger partial charge on any atom is -0.385 e. The highest BCUT2D eigenvalue weighted by molar-refractivity contribution is 5.49. The molecule has 2 aromatic rings. The molecule has 1 atom stereocenters. The van der Waals surface area contributed by atoms with Crippen LogP contribution in [0.1, 0.15) is 13.8 Å². The molecule has 0 fully saturated rings. The fourth-order valence-electron chi connectivity index (χ4n) is 1.98. The summed E-state index contributed by atoms with van der Waals surface area (Å²) in [5, 5.41) is 7.14. The van der Waals surface area contributed by atoms with Crippen LogP contribution >= 0.6 is 0 Å².